The average molecular weight is 459 g/mol. The standard InChI is InChI=1S/C25H38N4O4/c1-2-3-4-5-17-33-21-9-7-20(8-10-21)29-23(30)18-22(25(29)32)27-13-6-14-28-15-11-19(12-16-28)24(26)31/h7-10,19,22,27H,2-6,11-18H2,1H3,(H2,26,31)/t22-/m0/s1. The Balaban J connectivity index is 1.39. The Hall–Kier alpha value is -2.45. The molecule has 0 bridgehead atoms. The summed E-state index contributed by atoms with van der Waals surface area (Å²) in [6.07, 6.45) is 7.28. The van der Waals surface area contributed by atoms with Crippen molar-refractivity contribution in [3.8, 4) is 5.75 Å². The van der Waals surface area contributed by atoms with Crippen molar-refractivity contribution in [2.45, 2.75) is 64.3 Å². The molecule has 0 saturated carbocycles. The number of ether oxygens (including phenoxy) is 1. The van der Waals surface area contributed by atoms with E-state index in [1.54, 1.807) is 12.1 Å². The van der Waals surface area contributed by atoms with Crippen LogP contribution >= 0.6 is 0 Å². The lowest BCUT2D eigenvalue weighted by Gasteiger charge is -2.30. The van der Waals surface area contributed by atoms with Crippen LogP contribution in [0.5, 0.6) is 5.75 Å². The van der Waals surface area contributed by atoms with Crippen molar-refractivity contribution in [1.29, 1.82) is 0 Å². The number of carbonyl (C=O) groups excluding carboxylic acids is 3. The lowest BCUT2D eigenvalue weighted by atomic mass is 9.96. The van der Waals surface area contributed by atoms with Gasteiger partial charge in [-0.1, -0.05) is 26.2 Å². The number of likely N-dealkylation sites (tertiary alicyclic amines) is 1. The van der Waals surface area contributed by atoms with Gasteiger partial charge >= 0.3 is 0 Å². The molecule has 2 saturated heterocycles. The fourth-order valence-electron chi connectivity index (χ4n) is 4.49. The number of rotatable bonds is 13. The Morgan fingerprint density at radius 3 is 2.48 bits per heavy atom. The van der Waals surface area contributed by atoms with Crippen LogP contribution in [0.2, 0.25) is 0 Å². The molecule has 33 heavy (non-hydrogen) atoms. The average Bonchev–Trinajstić information content (AvgIpc) is 3.10. The number of primary amides is 1. The lowest BCUT2D eigenvalue weighted by Crippen LogP contribution is -2.41. The zero-order chi connectivity index (χ0) is 23.6. The second-order valence-corrected chi connectivity index (χ2v) is 9.05. The molecule has 1 aromatic carbocycles. The Morgan fingerprint density at radius 1 is 1.09 bits per heavy atom. The highest BCUT2D eigenvalue weighted by Crippen LogP contribution is 2.25. The molecule has 0 unspecified atom stereocenters. The number of nitrogens with two attached hydrogens (primary N) is 1. The predicted molar refractivity (Wildman–Crippen MR) is 128 cm³/mol. The van der Waals surface area contributed by atoms with Gasteiger partial charge in [-0.2, -0.15) is 0 Å². The first-order valence-corrected chi connectivity index (χ1v) is 12.3. The van der Waals surface area contributed by atoms with Gasteiger partial charge < -0.3 is 20.7 Å². The number of hydrogen-bond acceptors (Lipinski definition) is 6. The first-order valence-electron chi connectivity index (χ1n) is 12.3. The van der Waals surface area contributed by atoms with Crippen LogP contribution in [0.3, 0.4) is 0 Å². The minimum atomic E-state index is -0.479. The molecule has 2 heterocycles. The van der Waals surface area contributed by atoms with Gasteiger partial charge in [0.25, 0.3) is 5.91 Å². The third kappa shape index (κ3) is 7.27. The third-order valence-corrected chi connectivity index (χ3v) is 6.54. The summed E-state index contributed by atoms with van der Waals surface area (Å²) in [7, 11) is 0. The molecule has 182 valence electrons. The molecule has 3 N–H and O–H groups in total. The largest absolute Gasteiger partial charge is 0.494 e. The number of unbranched alkanes of at least 4 members (excludes halogenated alkanes) is 3. The van der Waals surface area contributed by atoms with E-state index in [4.69, 9.17) is 10.5 Å². The normalized spacial score (nSPS) is 19.9. The monoisotopic (exact) mass is 458 g/mol. The number of anilines is 1. The van der Waals surface area contributed by atoms with Crippen LogP contribution in [0, 0.1) is 5.92 Å². The molecule has 8 heteroatoms. The van der Waals surface area contributed by atoms with Crippen molar-refractivity contribution < 1.29 is 19.1 Å². The van der Waals surface area contributed by atoms with E-state index in [2.05, 4.69) is 17.1 Å². The summed E-state index contributed by atoms with van der Waals surface area (Å²) in [5, 5.41) is 3.25. The maximum Gasteiger partial charge on any atom is 0.251 e. The highest BCUT2D eigenvalue weighted by Gasteiger charge is 2.39. The number of carbonyl (C=O) groups is 3. The SMILES string of the molecule is CCCCCCOc1ccc(N2C(=O)C[C@H](NCCCN3CCC(C(N)=O)CC3)C2=O)cc1. The van der Waals surface area contributed by atoms with Gasteiger partial charge in [0.1, 0.15) is 5.75 Å². The van der Waals surface area contributed by atoms with E-state index in [-0.39, 0.29) is 30.1 Å². The number of benzene rings is 1. The Morgan fingerprint density at radius 2 is 1.82 bits per heavy atom. The molecule has 3 rings (SSSR count). The molecular formula is C25H38N4O4. The van der Waals surface area contributed by atoms with Crippen molar-refractivity contribution in [1.82, 2.24) is 10.2 Å². The summed E-state index contributed by atoms with van der Waals surface area (Å²) < 4.78 is 5.75. The summed E-state index contributed by atoms with van der Waals surface area (Å²) in [6.45, 7) is 6.17. The second kappa shape index (κ2) is 12.7. The van der Waals surface area contributed by atoms with E-state index in [1.807, 2.05) is 12.1 Å². The highest BCUT2D eigenvalue weighted by atomic mass is 16.5. The molecule has 1 aromatic rings. The van der Waals surface area contributed by atoms with Crippen LogP contribution in [0.1, 0.15) is 58.3 Å². The van der Waals surface area contributed by atoms with Crippen molar-refractivity contribution in [2.24, 2.45) is 11.7 Å². The van der Waals surface area contributed by atoms with Gasteiger partial charge in [0.15, 0.2) is 0 Å². The molecule has 0 spiro atoms. The van der Waals surface area contributed by atoms with Crippen molar-refractivity contribution in [3.05, 3.63) is 24.3 Å². The minimum absolute atomic E-state index is 0.00101. The first-order chi connectivity index (χ1) is 16.0. The van der Waals surface area contributed by atoms with Gasteiger partial charge in [0, 0.05) is 5.92 Å². The maximum atomic E-state index is 12.8. The van der Waals surface area contributed by atoms with E-state index < -0.39 is 6.04 Å². The Bertz CT molecular complexity index is 790. The lowest BCUT2D eigenvalue weighted by molar-refractivity contribution is -0.123. The number of amides is 3. The van der Waals surface area contributed by atoms with Crippen LogP contribution in [-0.2, 0) is 14.4 Å². The fraction of sp³-hybridized carbons (Fsp3) is 0.640. The number of nitrogens with one attached hydrogen (secondary N) is 1. The van der Waals surface area contributed by atoms with E-state index >= 15 is 0 Å². The van der Waals surface area contributed by atoms with Gasteiger partial charge in [0.2, 0.25) is 11.8 Å². The first kappa shape index (κ1) is 25.2. The van der Waals surface area contributed by atoms with Gasteiger partial charge in [-0.25, -0.2) is 4.90 Å². The molecule has 0 aliphatic carbocycles. The van der Waals surface area contributed by atoms with E-state index in [0.29, 0.717) is 18.8 Å². The van der Waals surface area contributed by atoms with Gasteiger partial charge in [0.05, 0.1) is 24.8 Å². The molecule has 0 radical (unpaired) electrons. The fourth-order valence-corrected chi connectivity index (χ4v) is 4.49. The van der Waals surface area contributed by atoms with E-state index in [0.717, 1.165) is 57.5 Å². The number of piperidine rings is 1. The van der Waals surface area contributed by atoms with Gasteiger partial charge in [-0.3, -0.25) is 14.4 Å². The summed E-state index contributed by atoms with van der Waals surface area (Å²) in [5.41, 5.74) is 5.97. The van der Waals surface area contributed by atoms with Crippen molar-refractivity contribution in [3.63, 3.8) is 0 Å². The summed E-state index contributed by atoms with van der Waals surface area (Å²) >= 11 is 0. The Kier molecular flexibility index (Phi) is 9.69. The second-order valence-electron chi connectivity index (χ2n) is 9.05. The van der Waals surface area contributed by atoms with Crippen LogP contribution in [0.25, 0.3) is 0 Å². The quantitative estimate of drug-likeness (QED) is 0.348. The molecule has 2 fully saturated rings. The van der Waals surface area contributed by atoms with Crippen molar-refractivity contribution >= 4 is 23.4 Å². The Labute approximate surface area is 196 Å². The smallest absolute Gasteiger partial charge is 0.251 e. The molecule has 1 atom stereocenters. The zero-order valence-corrected chi connectivity index (χ0v) is 19.8. The van der Waals surface area contributed by atoms with E-state index in [9.17, 15) is 14.4 Å². The molecule has 2 aliphatic heterocycles. The van der Waals surface area contributed by atoms with Crippen molar-refractivity contribution in [2.75, 3.05) is 37.7 Å². The number of hydrogen-bond donors (Lipinski definition) is 2. The number of imide groups is 1. The third-order valence-electron chi connectivity index (χ3n) is 6.54. The van der Waals surface area contributed by atoms with Crippen LogP contribution < -0.4 is 20.7 Å². The predicted octanol–water partition coefficient (Wildman–Crippen LogP) is 2.45. The van der Waals surface area contributed by atoms with E-state index in [1.165, 1.54) is 17.7 Å². The summed E-state index contributed by atoms with van der Waals surface area (Å²) in [5.74, 6) is 0.174. The van der Waals surface area contributed by atoms with Gasteiger partial charge in [-0.15, -0.1) is 0 Å². The van der Waals surface area contributed by atoms with Crippen LogP contribution in [0.15, 0.2) is 24.3 Å². The highest BCUT2D eigenvalue weighted by molar-refractivity contribution is 6.22. The topological polar surface area (TPSA) is 105 Å². The zero-order valence-electron chi connectivity index (χ0n) is 19.8. The molecule has 8 nitrogen and oxygen atoms in total. The molecule has 3 amide bonds. The summed E-state index contributed by atoms with van der Waals surface area (Å²) in [6, 6.07) is 6.70. The summed E-state index contributed by atoms with van der Waals surface area (Å²) in [4.78, 5) is 40.2. The molecule has 2 aliphatic rings. The molecule has 0 aromatic heterocycles. The number of nitrogens with zero attached hydrogens (tertiary/aromatic N) is 2. The van der Waals surface area contributed by atoms with Gasteiger partial charge in [-0.05, 0) is 76.1 Å². The maximum absolute atomic E-state index is 12.8. The molecular weight excluding hydrogens is 420 g/mol. The minimum Gasteiger partial charge on any atom is -0.494 e. The van der Waals surface area contributed by atoms with Crippen LogP contribution in [0.4, 0.5) is 5.69 Å². The van der Waals surface area contributed by atoms with Crippen LogP contribution in [-0.4, -0.2) is 61.4 Å².